The van der Waals surface area contributed by atoms with E-state index >= 15 is 0 Å². The fourth-order valence-electron chi connectivity index (χ4n) is 3.09. The van der Waals surface area contributed by atoms with Crippen LogP contribution in [0.1, 0.15) is 52.9 Å². The molecule has 1 fully saturated rings. The summed E-state index contributed by atoms with van der Waals surface area (Å²) in [4.78, 5) is 0. The molecule has 3 heteroatoms. The van der Waals surface area contributed by atoms with Crippen LogP contribution >= 0.6 is 0 Å². The smallest absolute Gasteiger partial charge is 0.163 e. The van der Waals surface area contributed by atoms with Crippen molar-refractivity contribution in [2.45, 2.75) is 58.9 Å². The number of hydrogen-bond donors (Lipinski definition) is 1. The molecule has 0 spiro atoms. The van der Waals surface area contributed by atoms with Gasteiger partial charge in [0.05, 0.1) is 13.2 Å². The van der Waals surface area contributed by atoms with Crippen molar-refractivity contribution >= 4 is 5.69 Å². The van der Waals surface area contributed by atoms with E-state index in [4.69, 9.17) is 9.47 Å². The van der Waals surface area contributed by atoms with Crippen molar-refractivity contribution in [3.8, 4) is 11.5 Å². The zero-order valence-electron chi connectivity index (χ0n) is 13.7. The topological polar surface area (TPSA) is 30.5 Å². The average Bonchev–Trinajstić information content (AvgIpc) is 2.51. The van der Waals surface area contributed by atoms with Crippen molar-refractivity contribution in [2.75, 3.05) is 18.5 Å². The zero-order valence-corrected chi connectivity index (χ0v) is 13.7. The summed E-state index contributed by atoms with van der Waals surface area (Å²) in [5.74, 6) is 2.61. The first-order valence-corrected chi connectivity index (χ1v) is 8.42. The van der Waals surface area contributed by atoms with Crippen LogP contribution in [0.25, 0.3) is 0 Å². The lowest BCUT2D eigenvalue weighted by atomic mass is 9.84. The fourth-order valence-corrected chi connectivity index (χ4v) is 3.09. The molecule has 3 nitrogen and oxygen atoms in total. The molecule has 0 atom stereocenters. The molecule has 0 aliphatic heterocycles. The van der Waals surface area contributed by atoms with Gasteiger partial charge in [0.15, 0.2) is 11.5 Å². The van der Waals surface area contributed by atoms with Crippen LogP contribution in [0.4, 0.5) is 5.69 Å². The molecule has 1 aliphatic carbocycles. The number of hydrogen-bond acceptors (Lipinski definition) is 3. The summed E-state index contributed by atoms with van der Waals surface area (Å²) in [5.41, 5.74) is 1.14. The molecule has 0 bridgehead atoms. The molecule has 0 radical (unpaired) electrons. The largest absolute Gasteiger partial charge is 0.490 e. The molecule has 1 aromatic carbocycles. The molecule has 0 saturated heterocycles. The van der Waals surface area contributed by atoms with Crippen LogP contribution in [0, 0.1) is 5.92 Å². The van der Waals surface area contributed by atoms with Gasteiger partial charge in [0.1, 0.15) is 0 Å². The van der Waals surface area contributed by atoms with E-state index in [9.17, 15) is 0 Å². The highest BCUT2D eigenvalue weighted by atomic mass is 16.5. The first kappa shape index (κ1) is 16.0. The predicted octanol–water partition coefficient (Wildman–Crippen LogP) is 4.86. The first-order valence-electron chi connectivity index (χ1n) is 8.42. The van der Waals surface area contributed by atoms with Crippen molar-refractivity contribution in [2.24, 2.45) is 5.92 Å². The van der Waals surface area contributed by atoms with Crippen LogP contribution in [0.3, 0.4) is 0 Å². The van der Waals surface area contributed by atoms with Crippen LogP contribution in [-0.4, -0.2) is 19.3 Å². The Labute approximate surface area is 129 Å². The van der Waals surface area contributed by atoms with E-state index in [0.717, 1.165) is 23.1 Å². The van der Waals surface area contributed by atoms with Gasteiger partial charge in [-0.2, -0.15) is 0 Å². The highest BCUT2D eigenvalue weighted by Gasteiger charge is 2.20. The molecule has 0 amide bonds. The lowest BCUT2D eigenvalue weighted by Crippen LogP contribution is -2.25. The van der Waals surface area contributed by atoms with E-state index in [-0.39, 0.29) is 0 Å². The first-order chi connectivity index (χ1) is 10.3. The molecule has 1 aliphatic rings. The van der Waals surface area contributed by atoms with Crippen molar-refractivity contribution in [3.63, 3.8) is 0 Å². The Bertz CT molecular complexity index is 425. The third kappa shape index (κ3) is 4.55. The van der Waals surface area contributed by atoms with E-state index < -0.39 is 0 Å². The maximum atomic E-state index is 5.69. The number of ether oxygens (including phenoxy) is 2. The molecular formula is C18H29NO2. The molecule has 1 aromatic rings. The molecule has 0 heterocycles. The van der Waals surface area contributed by atoms with Gasteiger partial charge in [0, 0.05) is 17.8 Å². The van der Waals surface area contributed by atoms with Crippen molar-refractivity contribution in [1.29, 1.82) is 0 Å². The molecule has 0 aromatic heterocycles. The quantitative estimate of drug-likeness (QED) is 0.778. The Kier molecular flexibility index (Phi) is 6.21. The second-order valence-corrected chi connectivity index (χ2v) is 5.80. The second-order valence-electron chi connectivity index (χ2n) is 5.80. The van der Waals surface area contributed by atoms with Crippen LogP contribution in [0.15, 0.2) is 18.2 Å². The summed E-state index contributed by atoms with van der Waals surface area (Å²) >= 11 is 0. The van der Waals surface area contributed by atoms with Crippen molar-refractivity contribution < 1.29 is 9.47 Å². The van der Waals surface area contributed by atoms with Crippen LogP contribution in [0.5, 0.6) is 11.5 Å². The maximum Gasteiger partial charge on any atom is 0.163 e. The van der Waals surface area contributed by atoms with Gasteiger partial charge in [0.2, 0.25) is 0 Å². The SMILES string of the molecule is CCOc1ccc(NC2CCC(CC)CC2)cc1OCC. The minimum atomic E-state index is 0.597. The molecule has 1 saturated carbocycles. The fraction of sp³-hybridized carbons (Fsp3) is 0.667. The lowest BCUT2D eigenvalue weighted by Gasteiger charge is -2.29. The highest BCUT2D eigenvalue weighted by Crippen LogP contribution is 2.33. The molecule has 0 unspecified atom stereocenters. The van der Waals surface area contributed by atoms with Gasteiger partial charge in [-0.1, -0.05) is 13.3 Å². The standard InChI is InChI=1S/C18H29NO2/c1-4-14-7-9-15(10-8-14)19-16-11-12-17(20-5-2)18(13-16)21-6-3/h11-15,19H,4-10H2,1-3H3. The Morgan fingerprint density at radius 2 is 1.62 bits per heavy atom. The van der Waals surface area contributed by atoms with Crippen molar-refractivity contribution in [3.05, 3.63) is 18.2 Å². The van der Waals surface area contributed by atoms with Gasteiger partial charge in [-0.25, -0.2) is 0 Å². The zero-order chi connectivity index (χ0) is 15.1. The summed E-state index contributed by atoms with van der Waals surface area (Å²) in [5, 5.41) is 3.66. The number of benzene rings is 1. The average molecular weight is 291 g/mol. The normalized spacial score (nSPS) is 21.9. The number of anilines is 1. The Morgan fingerprint density at radius 3 is 2.24 bits per heavy atom. The van der Waals surface area contributed by atoms with Crippen LogP contribution < -0.4 is 14.8 Å². The Morgan fingerprint density at radius 1 is 0.952 bits per heavy atom. The van der Waals surface area contributed by atoms with E-state index in [1.165, 1.54) is 32.1 Å². The van der Waals surface area contributed by atoms with Crippen LogP contribution in [-0.2, 0) is 0 Å². The summed E-state index contributed by atoms with van der Waals surface area (Å²) in [6.45, 7) is 7.62. The summed E-state index contributed by atoms with van der Waals surface area (Å²) in [6.07, 6.45) is 6.57. The van der Waals surface area contributed by atoms with Gasteiger partial charge in [-0.3, -0.25) is 0 Å². The van der Waals surface area contributed by atoms with E-state index in [2.05, 4.69) is 24.4 Å². The van der Waals surface area contributed by atoms with Gasteiger partial charge >= 0.3 is 0 Å². The van der Waals surface area contributed by atoms with E-state index in [0.29, 0.717) is 19.3 Å². The van der Waals surface area contributed by atoms with Gasteiger partial charge in [-0.05, 0) is 57.6 Å². The summed E-state index contributed by atoms with van der Waals surface area (Å²) in [6, 6.07) is 6.77. The molecule has 21 heavy (non-hydrogen) atoms. The highest BCUT2D eigenvalue weighted by molar-refractivity contribution is 5.55. The monoisotopic (exact) mass is 291 g/mol. The molecule has 2 rings (SSSR count). The Hall–Kier alpha value is -1.38. The van der Waals surface area contributed by atoms with Crippen molar-refractivity contribution in [1.82, 2.24) is 0 Å². The number of nitrogens with one attached hydrogen (secondary N) is 1. The maximum absolute atomic E-state index is 5.69. The second kappa shape index (κ2) is 8.16. The van der Waals surface area contributed by atoms with Gasteiger partial charge < -0.3 is 14.8 Å². The molecule has 118 valence electrons. The summed E-state index contributed by atoms with van der Waals surface area (Å²) < 4.78 is 11.3. The Balaban J connectivity index is 1.98. The lowest BCUT2D eigenvalue weighted by molar-refractivity contribution is 0.288. The van der Waals surface area contributed by atoms with E-state index in [1.54, 1.807) is 0 Å². The molecule has 1 N–H and O–H groups in total. The summed E-state index contributed by atoms with van der Waals surface area (Å²) in [7, 11) is 0. The number of rotatable bonds is 7. The predicted molar refractivity (Wildman–Crippen MR) is 88.4 cm³/mol. The molecular weight excluding hydrogens is 262 g/mol. The van der Waals surface area contributed by atoms with Gasteiger partial charge in [0.25, 0.3) is 0 Å². The third-order valence-electron chi connectivity index (χ3n) is 4.34. The minimum Gasteiger partial charge on any atom is -0.490 e. The van der Waals surface area contributed by atoms with Crippen LogP contribution in [0.2, 0.25) is 0 Å². The minimum absolute atomic E-state index is 0.597. The van der Waals surface area contributed by atoms with E-state index in [1.807, 2.05) is 19.9 Å². The third-order valence-corrected chi connectivity index (χ3v) is 4.34. The van der Waals surface area contributed by atoms with Gasteiger partial charge in [-0.15, -0.1) is 0 Å².